The van der Waals surface area contributed by atoms with E-state index in [4.69, 9.17) is 5.11 Å². The molecule has 0 aromatic rings. The van der Waals surface area contributed by atoms with Gasteiger partial charge in [0.15, 0.2) is 0 Å². The van der Waals surface area contributed by atoms with Gasteiger partial charge in [0.1, 0.15) is 6.04 Å². The summed E-state index contributed by atoms with van der Waals surface area (Å²) >= 11 is 0. The predicted molar refractivity (Wildman–Crippen MR) is 104 cm³/mol. The van der Waals surface area contributed by atoms with Crippen molar-refractivity contribution in [3.63, 3.8) is 0 Å². The van der Waals surface area contributed by atoms with Gasteiger partial charge >= 0.3 is 5.97 Å². The Bertz CT molecular complexity index is 597. The highest BCUT2D eigenvalue weighted by molar-refractivity contribution is 5.91. The zero-order valence-electron chi connectivity index (χ0n) is 16.8. The molecule has 6 nitrogen and oxygen atoms in total. The summed E-state index contributed by atoms with van der Waals surface area (Å²) in [4.78, 5) is 38.8. The van der Waals surface area contributed by atoms with Gasteiger partial charge in [0, 0.05) is 19.5 Å². The Kier molecular flexibility index (Phi) is 5.66. The van der Waals surface area contributed by atoms with Crippen molar-refractivity contribution in [2.24, 2.45) is 23.2 Å². The topological polar surface area (TPSA) is 86.7 Å². The molecule has 28 heavy (non-hydrogen) atoms. The maximum absolute atomic E-state index is 13.6. The fourth-order valence-electron chi connectivity index (χ4n) is 6.87. The molecule has 1 heterocycles. The monoisotopic (exact) mass is 390 g/mol. The van der Waals surface area contributed by atoms with Crippen molar-refractivity contribution in [2.75, 3.05) is 13.1 Å². The third kappa shape index (κ3) is 3.92. The van der Waals surface area contributed by atoms with Crippen LogP contribution in [-0.2, 0) is 14.4 Å². The number of hydrogen-bond donors (Lipinski definition) is 2. The van der Waals surface area contributed by atoms with Crippen LogP contribution in [0.25, 0.3) is 0 Å². The van der Waals surface area contributed by atoms with Crippen molar-refractivity contribution in [2.45, 2.75) is 83.1 Å². The van der Waals surface area contributed by atoms with Crippen molar-refractivity contribution < 1.29 is 19.5 Å². The molecule has 6 heteroatoms. The van der Waals surface area contributed by atoms with Crippen molar-refractivity contribution in [3.05, 3.63) is 0 Å². The summed E-state index contributed by atoms with van der Waals surface area (Å²) < 4.78 is 0. The van der Waals surface area contributed by atoms with Crippen LogP contribution in [0, 0.1) is 23.2 Å². The molecule has 0 spiro atoms. The van der Waals surface area contributed by atoms with Gasteiger partial charge in [-0.3, -0.25) is 14.4 Å². The first-order valence-corrected chi connectivity index (χ1v) is 11.3. The molecular formula is C22H34N2O4. The third-order valence-electron chi connectivity index (χ3n) is 7.67. The summed E-state index contributed by atoms with van der Waals surface area (Å²) in [7, 11) is 0. The Hall–Kier alpha value is -1.59. The molecule has 1 unspecified atom stereocenters. The molecule has 1 aliphatic heterocycles. The van der Waals surface area contributed by atoms with Crippen LogP contribution in [0.2, 0.25) is 0 Å². The summed E-state index contributed by atoms with van der Waals surface area (Å²) in [6.45, 7) is 1.28. The molecule has 4 bridgehead atoms. The molecular weight excluding hydrogens is 356 g/mol. The van der Waals surface area contributed by atoms with Gasteiger partial charge in [-0.1, -0.05) is 6.42 Å². The fourth-order valence-corrected chi connectivity index (χ4v) is 6.87. The maximum Gasteiger partial charge on any atom is 0.303 e. The summed E-state index contributed by atoms with van der Waals surface area (Å²) in [6.07, 6.45) is 11.2. The van der Waals surface area contributed by atoms with E-state index in [1.165, 1.54) is 19.3 Å². The van der Waals surface area contributed by atoms with E-state index in [0.717, 1.165) is 69.2 Å². The Morgan fingerprint density at radius 1 is 0.964 bits per heavy atom. The molecule has 1 atom stereocenters. The first-order chi connectivity index (χ1) is 13.5. The number of unbranched alkanes of at least 4 members (excludes halogenated alkanes) is 2. The number of aliphatic carboxylic acids is 1. The van der Waals surface area contributed by atoms with Gasteiger partial charge in [0.2, 0.25) is 11.8 Å². The van der Waals surface area contributed by atoms with Crippen molar-refractivity contribution in [1.82, 2.24) is 10.2 Å². The Morgan fingerprint density at radius 3 is 2.21 bits per heavy atom. The number of carboxylic acids is 1. The van der Waals surface area contributed by atoms with E-state index < -0.39 is 5.97 Å². The summed E-state index contributed by atoms with van der Waals surface area (Å²) in [6, 6.07) is -0.306. The number of carboxylic acid groups (broad SMARTS) is 1. The second-order valence-corrected chi connectivity index (χ2v) is 9.85. The number of carbonyl (C=O) groups excluding carboxylic acids is 2. The molecule has 4 aliphatic carbocycles. The lowest BCUT2D eigenvalue weighted by Crippen LogP contribution is -2.57. The lowest BCUT2D eigenvalue weighted by Gasteiger charge is -2.56. The van der Waals surface area contributed by atoms with Crippen LogP contribution in [0.5, 0.6) is 0 Å². The van der Waals surface area contributed by atoms with E-state index in [9.17, 15) is 14.4 Å². The van der Waals surface area contributed by atoms with Crippen molar-refractivity contribution in [3.8, 4) is 0 Å². The van der Waals surface area contributed by atoms with E-state index in [0.29, 0.717) is 13.0 Å². The first-order valence-electron chi connectivity index (χ1n) is 11.3. The van der Waals surface area contributed by atoms with E-state index >= 15 is 0 Å². The summed E-state index contributed by atoms with van der Waals surface area (Å²) in [5.74, 6) is 1.68. The van der Waals surface area contributed by atoms with Gasteiger partial charge in [-0.05, 0) is 82.0 Å². The highest BCUT2D eigenvalue weighted by Crippen LogP contribution is 2.60. The quantitative estimate of drug-likeness (QED) is 0.624. The minimum Gasteiger partial charge on any atom is -0.481 e. The van der Waals surface area contributed by atoms with Crippen LogP contribution in [0.15, 0.2) is 0 Å². The zero-order chi connectivity index (χ0) is 19.7. The molecule has 0 aromatic carbocycles. The lowest BCUT2D eigenvalue weighted by molar-refractivity contribution is -0.160. The third-order valence-corrected chi connectivity index (χ3v) is 7.67. The van der Waals surface area contributed by atoms with E-state index in [2.05, 4.69) is 5.32 Å². The highest BCUT2D eigenvalue weighted by Gasteiger charge is 2.56. The molecule has 5 fully saturated rings. The molecule has 156 valence electrons. The minimum atomic E-state index is -0.770. The van der Waals surface area contributed by atoms with Crippen LogP contribution in [0.4, 0.5) is 0 Å². The van der Waals surface area contributed by atoms with Gasteiger partial charge in [-0.2, -0.15) is 0 Å². The molecule has 1 saturated heterocycles. The van der Waals surface area contributed by atoms with Crippen molar-refractivity contribution >= 4 is 17.8 Å². The standard InChI is InChI=1S/C22H34N2O4/c25-19(26)6-2-1-3-7-23-20(27)18-5-4-8-24(18)21(28)22-12-15-9-16(13-22)11-17(10-15)14-22/h15-18H,1-14H2,(H,23,27)(H,25,26). The van der Waals surface area contributed by atoms with Crippen LogP contribution in [-0.4, -0.2) is 46.9 Å². The SMILES string of the molecule is O=C(O)CCCCCNC(=O)C1CCCN1C(=O)C12CC3CC(CC(C3)C1)C2. The average molecular weight is 391 g/mol. The summed E-state index contributed by atoms with van der Waals surface area (Å²) in [5, 5.41) is 11.7. The zero-order valence-corrected chi connectivity index (χ0v) is 16.8. The number of nitrogens with zero attached hydrogens (tertiary/aromatic N) is 1. The molecule has 2 amide bonds. The average Bonchev–Trinajstić information content (AvgIpc) is 3.12. The first kappa shape index (κ1) is 19.7. The fraction of sp³-hybridized carbons (Fsp3) is 0.864. The molecule has 4 saturated carbocycles. The minimum absolute atomic E-state index is 0.0196. The normalized spacial score (nSPS) is 35.9. The highest BCUT2D eigenvalue weighted by atomic mass is 16.4. The van der Waals surface area contributed by atoms with Crippen LogP contribution in [0.3, 0.4) is 0 Å². The number of carbonyl (C=O) groups is 3. The van der Waals surface area contributed by atoms with Gasteiger partial charge in [-0.25, -0.2) is 0 Å². The molecule has 0 aromatic heterocycles. The Labute approximate surface area is 167 Å². The number of likely N-dealkylation sites (tertiary alicyclic amines) is 1. The number of amides is 2. The van der Waals surface area contributed by atoms with Crippen LogP contribution >= 0.6 is 0 Å². The molecule has 0 radical (unpaired) electrons. The van der Waals surface area contributed by atoms with Gasteiger partial charge in [0.25, 0.3) is 0 Å². The number of rotatable bonds is 8. The van der Waals surface area contributed by atoms with Crippen LogP contribution < -0.4 is 5.32 Å². The Balaban J connectivity index is 1.30. The largest absolute Gasteiger partial charge is 0.481 e. The smallest absolute Gasteiger partial charge is 0.303 e. The van der Waals surface area contributed by atoms with Gasteiger partial charge in [0.05, 0.1) is 5.41 Å². The molecule has 2 N–H and O–H groups in total. The van der Waals surface area contributed by atoms with Gasteiger partial charge < -0.3 is 15.3 Å². The second-order valence-electron chi connectivity index (χ2n) is 9.85. The van der Waals surface area contributed by atoms with Gasteiger partial charge in [-0.15, -0.1) is 0 Å². The number of nitrogens with one attached hydrogen (secondary N) is 1. The summed E-state index contributed by atoms with van der Waals surface area (Å²) in [5.41, 5.74) is -0.172. The lowest BCUT2D eigenvalue weighted by atomic mass is 9.49. The van der Waals surface area contributed by atoms with Crippen LogP contribution in [0.1, 0.15) is 77.0 Å². The van der Waals surface area contributed by atoms with E-state index in [-0.39, 0.29) is 29.7 Å². The maximum atomic E-state index is 13.6. The second kappa shape index (κ2) is 8.03. The molecule has 5 aliphatic rings. The van der Waals surface area contributed by atoms with Crippen molar-refractivity contribution in [1.29, 1.82) is 0 Å². The number of hydrogen-bond acceptors (Lipinski definition) is 3. The Morgan fingerprint density at radius 2 is 1.61 bits per heavy atom. The molecule has 5 rings (SSSR count). The van der Waals surface area contributed by atoms with E-state index in [1.54, 1.807) is 0 Å². The predicted octanol–water partition coefficient (Wildman–Crippen LogP) is 2.96. The van der Waals surface area contributed by atoms with E-state index in [1.807, 2.05) is 4.90 Å².